The van der Waals surface area contributed by atoms with E-state index >= 15 is 0 Å². The van der Waals surface area contributed by atoms with Crippen molar-refractivity contribution >= 4 is 15.9 Å². The van der Waals surface area contributed by atoms with Crippen molar-refractivity contribution in [2.45, 2.75) is 32.2 Å². The molecule has 1 amide bonds. The summed E-state index contributed by atoms with van der Waals surface area (Å²) < 4.78 is 25.8. The minimum absolute atomic E-state index is 0.174. The summed E-state index contributed by atoms with van der Waals surface area (Å²) in [5, 5.41) is 0. The highest BCUT2D eigenvalue weighted by molar-refractivity contribution is 7.88. The Hall–Kier alpha value is -1.44. The molecule has 0 saturated heterocycles. The van der Waals surface area contributed by atoms with Gasteiger partial charge in [-0.3, -0.25) is 4.79 Å². The minimum Gasteiger partial charge on any atom is -0.369 e. The van der Waals surface area contributed by atoms with Gasteiger partial charge in [-0.25, -0.2) is 8.42 Å². The maximum Gasteiger partial charge on any atom is 0.232 e. The average Bonchev–Trinajstić information content (AvgIpc) is 2.35. The van der Waals surface area contributed by atoms with Gasteiger partial charge in [0.05, 0.1) is 12.3 Å². The van der Waals surface area contributed by atoms with Crippen LogP contribution in [-0.2, 0) is 27.1 Å². The molecule has 0 atom stereocenters. The lowest BCUT2D eigenvalue weighted by Gasteiger charge is -2.24. The Balaban J connectivity index is 2.99. The molecule has 0 fully saturated rings. The number of primary amides is 1. The Kier molecular flexibility index (Phi) is 5.67. The molecule has 0 spiro atoms. The fourth-order valence-corrected chi connectivity index (χ4v) is 3.63. The van der Waals surface area contributed by atoms with Crippen LogP contribution >= 0.6 is 0 Å². The molecule has 6 nitrogen and oxygen atoms in total. The van der Waals surface area contributed by atoms with Crippen molar-refractivity contribution in [1.82, 2.24) is 4.31 Å². The molecule has 112 valence electrons. The first-order valence-corrected chi connectivity index (χ1v) is 7.93. The molecule has 0 saturated carbocycles. The van der Waals surface area contributed by atoms with E-state index in [0.717, 1.165) is 9.87 Å². The van der Waals surface area contributed by atoms with Gasteiger partial charge in [-0.2, -0.15) is 4.31 Å². The number of sulfonamides is 1. The molecule has 0 radical (unpaired) electrons. The Morgan fingerprint density at radius 1 is 1.30 bits per heavy atom. The maximum absolute atomic E-state index is 12.4. The van der Waals surface area contributed by atoms with Gasteiger partial charge in [0.2, 0.25) is 15.9 Å². The maximum atomic E-state index is 12.4. The van der Waals surface area contributed by atoms with Crippen molar-refractivity contribution in [3.63, 3.8) is 0 Å². The summed E-state index contributed by atoms with van der Waals surface area (Å²) in [6, 6.07) is 6.74. The number of nitrogens with zero attached hydrogens (tertiary/aromatic N) is 1. The Labute approximate surface area is 119 Å². The highest BCUT2D eigenvalue weighted by Crippen LogP contribution is 2.15. The monoisotopic (exact) mass is 299 g/mol. The van der Waals surface area contributed by atoms with Crippen LogP contribution in [0.2, 0.25) is 0 Å². The molecule has 0 heterocycles. The van der Waals surface area contributed by atoms with Crippen molar-refractivity contribution in [3.8, 4) is 0 Å². The molecule has 7 heteroatoms. The number of carbonyl (C=O) groups excluding carboxylic acids is 1. The minimum atomic E-state index is -3.60. The molecule has 1 rings (SSSR count). The summed E-state index contributed by atoms with van der Waals surface area (Å²) in [5.74, 6) is -0.843. The number of hydrogen-bond acceptors (Lipinski definition) is 4. The SMILES string of the molecule is CC(C)N(CC(N)=O)S(=O)(=O)Cc1cccc(CN)c1. The molecular formula is C13H21N3O3S. The standard InChI is InChI=1S/C13H21N3O3S/c1-10(2)16(8-13(15)17)20(18,19)9-12-5-3-4-11(6-12)7-14/h3-6,10H,7-9,14H2,1-2H3,(H2,15,17). The van der Waals surface area contributed by atoms with Gasteiger partial charge in [-0.1, -0.05) is 24.3 Å². The lowest BCUT2D eigenvalue weighted by Crippen LogP contribution is -2.43. The summed E-state index contributed by atoms with van der Waals surface area (Å²) in [6.07, 6.45) is 0. The number of nitrogens with two attached hydrogens (primary N) is 2. The summed E-state index contributed by atoms with van der Waals surface area (Å²) >= 11 is 0. The molecule has 0 aliphatic heterocycles. The van der Waals surface area contributed by atoms with Crippen LogP contribution in [0.25, 0.3) is 0 Å². The fourth-order valence-electron chi connectivity index (χ4n) is 1.90. The summed E-state index contributed by atoms with van der Waals surface area (Å²) in [4.78, 5) is 11.0. The van der Waals surface area contributed by atoms with E-state index in [1.165, 1.54) is 0 Å². The Morgan fingerprint density at radius 2 is 1.90 bits per heavy atom. The van der Waals surface area contributed by atoms with Gasteiger partial charge < -0.3 is 11.5 Å². The van der Waals surface area contributed by atoms with Crippen LogP contribution in [0.3, 0.4) is 0 Å². The third-order valence-electron chi connectivity index (χ3n) is 2.82. The first-order valence-electron chi connectivity index (χ1n) is 6.32. The topological polar surface area (TPSA) is 106 Å². The zero-order valence-electron chi connectivity index (χ0n) is 11.7. The van der Waals surface area contributed by atoms with Gasteiger partial charge in [-0.15, -0.1) is 0 Å². The van der Waals surface area contributed by atoms with E-state index in [9.17, 15) is 13.2 Å². The number of amides is 1. The molecular weight excluding hydrogens is 278 g/mol. The van der Waals surface area contributed by atoms with Crippen molar-refractivity contribution in [2.75, 3.05) is 6.54 Å². The molecule has 20 heavy (non-hydrogen) atoms. The van der Waals surface area contributed by atoms with Gasteiger partial charge in [-0.05, 0) is 25.0 Å². The largest absolute Gasteiger partial charge is 0.369 e. The first-order chi connectivity index (χ1) is 9.26. The first kappa shape index (κ1) is 16.6. The lowest BCUT2D eigenvalue weighted by atomic mass is 10.1. The van der Waals surface area contributed by atoms with Crippen LogP contribution in [0.5, 0.6) is 0 Å². The molecule has 1 aromatic carbocycles. The number of rotatable bonds is 7. The van der Waals surface area contributed by atoms with Crippen LogP contribution in [-0.4, -0.2) is 31.2 Å². The fraction of sp³-hybridized carbons (Fsp3) is 0.462. The van der Waals surface area contributed by atoms with E-state index in [1.54, 1.807) is 32.0 Å². The van der Waals surface area contributed by atoms with E-state index in [2.05, 4.69) is 0 Å². The lowest BCUT2D eigenvalue weighted by molar-refractivity contribution is -0.118. The van der Waals surface area contributed by atoms with Gasteiger partial charge in [0, 0.05) is 12.6 Å². The third-order valence-corrected chi connectivity index (χ3v) is 4.78. The number of carbonyl (C=O) groups is 1. The molecule has 0 unspecified atom stereocenters. The van der Waals surface area contributed by atoms with E-state index in [4.69, 9.17) is 11.5 Å². The second-order valence-corrected chi connectivity index (χ2v) is 6.81. The van der Waals surface area contributed by atoms with E-state index in [0.29, 0.717) is 12.1 Å². The molecule has 0 bridgehead atoms. The summed E-state index contributed by atoms with van der Waals surface area (Å²) in [7, 11) is -3.60. The second-order valence-electron chi connectivity index (χ2n) is 4.89. The Morgan fingerprint density at radius 3 is 2.40 bits per heavy atom. The predicted octanol–water partition coefficient (Wildman–Crippen LogP) is 0.171. The van der Waals surface area contributed by atoms with Crippen LogP contribution in [0.4, 0.5) is 0 Å². The summed E-state index contributed by atoms with van der Waals surface area (Å²) in [6.45, 7) is 3.45. The zero-order valence-corrected chi connectivity index (χ0v) is 12.6. The van der Waals surface area contributed by atoms with E-state index in [1.807, 2.05) is 6.07 Å². The van der Waals surface area contributed by atoms with Gasteiger partial charge in [0.15, 0.2) is 0 Å². The van der Waals surface area contributed by atoms with Gasteiger partial charge >= 0.3 is 0 Å². The predicted molar refractivity (Wildman–Crippen MR) is 78.0 cm³/mol. The van der Waals surface area contributed by atoms with Crippen LogP contribution in [0, 0.1) is 0 Å². The van der Waals surface area contributed by atoms with E-state index in [-0.39, 0.29) is 18.3 Å². The average molecular weight is 299 g/mol. The zero-order chi connectivity index (χ0) is 15.3. The normalized spacial score (nSPS) is 12.1. The highest BCUT2D eigenvalue weighted by Gasteiger charge is 2.26. The molecule has 0 aromatic heterocycles. The van der Waals surface area contributed by atoms with Gasteiger partial charge in [0.25, 0.3) is 0 Å². The van der Waals surface area contributed by atoms with Crippen LogP contribution in [0.15, 0.2) is 24.3 Å². The molecule has 0 aliphatic carbocycles. The molecule has 4 N–H and O–H groups in total. The molecule has 0 aliphatic rings. The quantitative estimate of drug-likeness (QED) is 0.748. The van der Waals surface area contributed by atoms with E-state index < -0.39 is 15.9 Å². The third kappa shape index (κ3) is 4.59. The smallest absolute Gasteiger partial charge is 0.232 e. The van der Waals surface area contributed by atoms with Crippen LogP contribution < -0.4 is 11.5 Å². The Bertz CT molecular complexity index is 570. The van der Waals surface area contributed by atoms with Crippen molar-refractivity contribution in [1.29, 1.82) is 0 Å². The highest BCUT2D eigenvalue weighted by atomic mass is 32.2. The second kappa shape index (κ2) is 6.83. The number of hydrogen-bond donors (Lipinski definition) is 2. The van der Waals surface area contributed by atoms with Crippen molar-refractivity contribution in [3.05, 3.63) is 35.4 Å². The van der Waals surface area contributed by atoms with Crippen molar-refractivity contribution in [2.24, 2.45) is 11.5 Å². The molecule has 1 aromatic rings. The summed E-state index contributed by atoms with van der Waals surface area (Å²) in [5.41, 5.74) is 12.1. The van der Waals surface area contributed by atoms with Gasteiger partial charge in [0.1, 0.15) is 0 Å². The van der Waals surface area contributed by atoms with Crippen LogP contribution in [0.1, 0.15) is 25.0 Å². The van der Waals surface area contributed by atoms with Crippen molar-refractivity contribution < 1.29 is 13.2 Å². The number of benzene rings is 1.